The molecule has 2 aromatic heterocycles. The molecule has 2 unspecified atom stereocenters. The average molecular weight is 438 g/mol. The van der Waals surface area contributed by atoms with Gasteiger partial charge in [0.2, 0.25) is 5.91 Å². The number of nitrogens with zero attached hydrogens (tertiary/aromatic N) is 2. The van der Waals surface area contributed by atoms with Crippen molar-refractivity contribution in [1.82, 2.24) is 20.1 Å². The maximum Gasteiger partial charge on any atom is 0.273 e. The van der Waals surface area contributed by atoms with Gasteiger partial charge in [-0.3, -0.25) is 24.2 Å². The fourth-order valence-electron chi connectivity index (χ4n) is 4.14. The standard InChI is InChI=1S/C23H27N5O4/c1-6-17-22(30)26-16-8-7-14(9-18(16)32-17)12(3)24-19(29)10-15-11(2)20-21(25-13(15)4)28(5)27-23(20)31/h7-9,12,17H,6,10H2,1-5H3,(H,24,29)(H,26,30)(H,27,31). The third kappa shape index (κ3) is 3.74. The van der Waals surface area contributed by atoms with Gasteiger partial charge < -0.3 is 15.4 Å². The number of H-pyrrole nitrogens is 1. The van der Waals surface area contributed by atoms with Gasteiger partial charge in [-0.2, -0.15) is 0 Å². The van der Waals surface area contributed by atoms with E-state index in [1.54, 1.807) is 17.8 Å². The van der Waals surface area contributed by atoms with Crippen molar-refractivity contribution in [1.29, 1.82) is 0 Å². The van der Waals surface area contributed by atoms with Gasteiger partial charge in [0.15, 0.2) is 11.8 Å². The number of pyridine rings is 1. The Hall–Kier alpha value is -3.62. The van der Waals surface area contributed by atoms with E-state index in [2.05, 4.69) is 20.7 Å². The Morgan fingerprint density at radius 1 is 1.31 bits per heavy atom. The number of anilines is 1. The fourth-order valence-corrected chi connectivity index (χ4v) is 4.14. The number of benzene rings is 1. The van der Waals surface area contributed by atoms with E-state index in [4.69, 9.17) is 4.74 Å². The van der Waals surface area contributed by atoms with Crippen molar-refractivity contribution in [3.05, 3.63) is 50.9 Å². The monoisotopic (exact) mass is 437 g/mol. The molecule has 1 aromatic carbocycles. The highest BCUT2D eigenvalue weighted by molar-refractivity contribution is 5.97. The molecule has 168 valence electrons. The van der Waals surface area contributed by atoms with Crippen LogP contribution in [0.2, 0.25) is 0 Å². The lowest BCUT2D eigenvalue weighted by atomic mass is 10.0. The zero-order valence-electron chi connectivity index (χ0n) is 18.8. The van der Waals surface area contributed by atoms with Crippen molar-refractivity contribution in [3.63, 3.8) is 0 Å². The van der Waals surface area contributed by atoms with Crippen LogP contribution in [0.15, 0.2) is 23.0 Å². The topological polar surface area (TPSA) is 118 Å². The highest BCUT2D eigenvalue weighted by Crippen LogP contribution is 2.33. The summed E-state index contributed by atoms with van der Waals surface area (Å²) in [6.07, 6.45) is 0.176. The zero-order valence-corrected chi connectivity index (χ0v) is 18.8. The smallest absolute Gasteiger partial charge is 0.273 e. The number of aromatic amines is 1. The molecule has 32 heavy (non-hydrogen) atoms. The molecule has 0 spiro atoms. The summed E-state index contributed by atoms with van der Waals surface area (Å²) in [4.78, 5) is 41.6. The van der Waals surface area contributed by atoms with Crippen LogP contribution in [0, 0.1) is 13.8 Å². The van der Waals surface area contributed by atoms with Gasteiger partial charge in [-0.25, -0.2) is 4.98 Å². The molecule has 0 fully saturated rings. The number of carbonyl (C=O) groups excluding carboxylic acids is 2. The summed E-state index contributed by atoms with van der Waals surface area (Å²) in [7, 11) is 1.74. The SMILES string of the molecule is CCC1Oc2cc(C(C)NC(=O)Cc3c(C)nc4c(c3C)c(=O)[nH]n4C)ccc2NC1=O. The summed E-state index contributed by atoms with van der Waals surface area (Å²) in [5.74, 6) is 0.276. The van der Waals surface area contributed by atoms with Crippen molar-refractivity contribution in [2.75, 3.05) is 5.32 Å². The Balaban J connectivity index is 1.52. The van der Waals surface area contributed by atoms with E-state index in [1.807, 2.05) is 39.8 Å². The Morgan fingerprint density at radius 2 is 2.06 bits per heavy atom. The summed E-state index contributed by atoms with van der Waals surface area (Å²) in [5, 5.41) is 9.07. The van der Waals surface area contributed by atoms with Crippen molar-refractivity contribution in [3.8, 4) is 5.75 Å². The Morgan fingerprint density at radius 3 is 2.78 bits per heavy atom. The highest BCUT2D eigenvalue weighted by Gasteiger charge is 2.26. The molecule has 3 N–H and O–H groups in total. The van der Waals surface area contributed by atoms with Gasteiger partial charge in [-0.15, -0.1) is 0 Å². The van der Waals surface area contributed by atoms with E-state index in [-0.39, 0.29) is 29.8 Å². The first-order valence-corrected chi connectivity index (χ1v) is 10.6. The second-order valence-electron chi connectivity index (χ2n) is 8.22. The molecular formula is C23H27N5O4. The van der Waals surface area contributed by atoms with E-state index in [0.29, 0.717) is 28.9 Å². The molecule has 3 heterocycles. The molecule has 0 aliphatic carbocycles. The maximum atomic E-state index is 12.8. The second-order valence-corrected chi connectivity index (χ2v) is 8.22. The van der Waals surface area contributed by atoms with E-state index in [1.165, 1.54) is 0 Å². The van der Waals surface area contributed by atoms with Crippen LogP contribution in [0.1, 0.15) is 48.7 Å². The summed E-state index contributed by atoms with van der Waals surface area (Å²) >= 11 is 0. The molecule has 1 aliphatic heterocycles. The van der Waals surface area contributed by atoms with Crippen LogP contribution in [0.4, 0.5) is 5.69 Å². The molecule has 0 radical (unpaired) electrons. The fraction of sp³-hybridized carbons (Fsp3) is 0.391. The number of hydrogen-bond acceptors (Lipinski definition) is 5. The first-order valence-electron chi connectivity index (χ1n) is 10.6. The first-order chi connectivity index (χ1) is 15.2. The van der Waals surface area contributed by atoms with E-state index < -0.39 is 6.10 Å². The van der Waals surface area contributed by atoms with Gasteiger partial charge in [0.05, 0.1) is 23.5 Å². The van der Waals surface area contributed by atoms with E-state index in [9.17, 15) is 14.4 Å². The molecule has 9 heteroatoms. The number of amides is 2. The summed E-state index contributed by atoms with van der Waals surface area (Å²) in [5.41, 5.74) is 4.09. The van der Waals surface area contributed by atoms with Crippen molar-refractivity contribution >= 4 is 28.5 Å². The maximum absolute atomic E-state index is 12.8. The van der Waals surface area contributed by atoms with Gasteiger partial charge in [-0.05, 0) is 56.0 Å². The zero-order chi connectivity index (χ0) is 23.2. The van der Waals surface area contributed by atoms with Crippen LogP contribution in [0.5, 0.6) is 5.75 Å². The van der Waals surface area contributed by atoms with Crippen LogP contribution in [-0.2, 0) is 23.1 Å². The van der Waals surface area contributed by atoms with Gasteiger partial charge in [0.25, 0.3) is 11.5 Å². The minimum Gasteiger partial charge on any atom is -0.478 e. The van der Waals surface area contributed by atoms with Gasteiger partial charge in [-0.1, -0.05) is 13.0 Å². The van der Waals surface area contributed by atoms with Gasteiger partial charge >= 0.3 is 0 Å². The lowest BCUT2D eigenvalue weighted by molar-refractivity contribution is -0.123. The summed E-state index contributed by atoms with van der Waals surface area (Å²) in [6, 6.07) is 5.21. The van der Waals surface area contributed by atoms with Crippen LogP contribution in [-0.4, -0.2) is 32.7 Å². The van der Waals surface area contributed by atoms with Crippen LogP contribution in [0.25, 0.3) is 11.0 Å². The third-order valence-corrected chi connectivity index (χ3v) is 5.99. The lowest BCUT2D eigenvalue weighted by Crippen LogP contribution is -2.36. The predicted molar refractivity (Wildman–Crippen MR) is 121 cm³/mol. The van der Waals surface area contributed by atoms with Crippen molar-refractivity contribution < 1.29 is 14.3 Å². The van der Waals surface area contributed by atoms with E-state index in [0.717, 1.165) is 22.4 Å². The minimum absolute atomic E-state index is 0.120. The van der Waals surface area contributed by atoms with E-state index >= 15 is 0 Å². The number of aromatic nitrogens is 3. The molecule has 0 bridgehead atoms. The average Bonchev–Trinajstić information content (AvgIpc) is 3.03. The van der Waals surface area contributed by atoms with Crippen LogP contribution in [0.3, 0.4) is 0 Å². The Bertz CT molecular complexity index is 1290. The normalized spacial score (nSPS) is 16.3. The number of nitrogens with one attached hydrogen (secondary N) is 3. The molecule has 4 rings (SSSR count). The molecule has 2 atom stereocenters. The first kappa shape index (κ1) is 21.6. The lowest BCUT2D eigenvalue weighted by Gasteiger charge is -2.26. The molecular weight excluding hydrogens is 410 g/mol. The van der Waals surface area contributed by atoms with Gasteiger partial charge in [0.1, 0.15) is 5.75 Å². The third-order valence-electron chi connectivity index (χ3n) is 5.99. The molecule has 9 nitrogen and oxygen atoms in total. The molecule has 0 saturated heterocycles. The number of rotatable bonds is 5. The Kier molecular flexibility index (Phi) is 5.50. The van der Waals surface area contributed by atoms with Crippen LogP contribution < -0.4 is 20.9 Å². The largest absolute Gasteiger partial charge is 0.478 e. The summed E-state index contributed by atoms with van der Waals surface area (Å²) in [6.45, 7) is 7.47. The minimum atomic E-state index is -0.517. The highest BCUT2D eigenvalue weighted by atomic mass is 16.5. The van der Waals surface area contributed by atoms with Crippen molar-refractivity contribution in [2.24, 2.45) is 7.05 Å². The number of hydrogen-bond donors (Lipinski definition) is 3. The van der Waals surface area contributed by atoms with Crippen molar-refractivity contribution in [2.45, 2.75) is 52.7 Å². The summed E-state index contributed by atoms with van der Waals surface area (Å²) < 4.78 is 7.39. The number of aryl methyl sites for hydroxylation is 3. The number of carbonyl (C=O) groups is 2. The molecule has 1 aliphatic rings. The second kappa shape index (κ2) is 8.14. The number of fused-ring (bicyclic) bond motifs is 2. The Labute approximate surface area is 185 Å². The predicted octanol–water partition coefficient (Wildman–Crippen LogP) is 2.41. The van der Waals surface area contributed by atoms with Crippen LogP contribution >= 0.6 is 0 Å². The quantitative estimate of drug-likeness (QED) is 0.567. The molecule has 3 aromatic rings. The molecule has 2 amide bonds. The van der Waals surface area contributed by atoms with Gasteiger partial charge in [0, 0.05) is 12.7 Å². The molecule has 0 saturated carbocycles. The number of ether oxygens (including phenoxy) is 1.